The molecule has 1 amide bonds. The van der Waals surface area contributed by atoms with Gasteiger partial charge in [-0.2, -0.15) is 5.10 Å². The number of hydrogen-bond donors (Lipinski definition) is 2. The van der Waals surface area contributed by atoms with Gasteiger partial charge in [0.15, 0.2) is 0 Å². The van der Waals surface area contributed by atoms with Crippen molar-refractivity contribution in [3.8, 4) is 0 Å². The third-order valence-corrected chi connectivity index (χ3v) is 3.31. The Kier molecular flexibility index (Phi) is 5.07. The number of aromatic nitrogens is 2. The number of likely N-dealkylation sites (N-methyl/N-ethyl adjacent to an activating group) is 2. The van der Waals surface area contributed by atoms with Crippen molar-refractivity contribution >= 4 is 28.5 Å². The van der Waals surface area contributed by atoms with Crippen LogP contribution < -0.4 is 15.6 Å². The molecule has 0 fully saturated rings. The van der Waals surface area contributed by atoms with Gasteiger partial charge in [-0.15, -0.1) is 0 Å². The molecule has 0 saturated carbocycles. The fourth-order valence-electron chi connectivity index (χ4n) is 2.07. The average Bonchev–Trinajstić information content (AvgIpc) is 2.54. The summed E-state index contributed by atoms with van der Waals surface area (Å²) in [6.07, 6.45) is 0. The van der Waals surface area contributed by atoms with Gasteiger partial charge in [0.1, 0.15) is 0 Å². The summed E-state index contributed by atoms with van der Waals surface area (Å²) in [5.74, 6) is -0.927. The molecule has 0 aliphatic heterocycles. The van der Waals surface area contributed by atoms with E-state index < -0.39 is 11.4 Å². The number of benzene rings is 1. The summed E-state index contributed by atoms with van der Waals surface area (Å²) >= 11 is 0. The van der Waals surface area contributed by atoms with Gasteiger partial charge in [-0.1, -0.05) is 0 Å². The Balaban J connectivity index is 2.49. The Morgan fingerprint density at radius 1 is 1.39 bits per heavy atom. The number of nitrogens with zero attached hydrogens (tertiary/aromatic N) is 2. The topological polar surface area (TPSA) is 104 Å². The second kappa shape index (κ2) is 7.01. The highest BCUT2D eigenvalue weighted by Crippen LogP contribution is 2.18. The van der Waals surface area contributed by atoms with Crippen molar-refractivity contribution in [3.63, 3.8) is 0 Å². The lowest BCUT2D eigenvalue weighted by atomic mass is 10.1. The van der Waals surface area contributed by atoms with Crippen molar-refractivity contribution in [1.82, 2.24) is 15.5 Å². The van der Waals surface area contributed by atoms with E-state index >= 15 is 0 Å². The van der Waals surface area contributed by atoms with Crippen LogP contribution in [-0.4, -0.2) is 49.3 Å². The number of fused-ring (bicyclic) bond motifs is 1. The molecule has 122 valence electrons. The molecule has 1 aromatic carbocycles. The van der Waals surface area contributed by atoms with Gasteiger partial charge < -0.3 is 15.0 Å². The Labute approximate surface area is 132 Å². The molecular weight excluding hydrogens is 300 g/mol. The summed E-state index contributed by atoms with van der Waals surface area (Å²) < 4.78 is 4.81. The van der Waals surface area contributed by atoms with E-state index in [0.29, 0.717) is 11.2 Å². The molecule has 0 aliphatic rings. The number of H-pyrrole nitrogens is 1. The Morgan fingerprint density at radius 2 is 2.13 bits per heavy atom. The molecular formula is C15H18N4O4. The normalized spacial score (nSPS) is 10.6. The molecule has 0 saturated heterocycles. The summed E-state index contributed by atoms with van der Waals surface area (Å²) in [6, 6.07) is 4.88. The maximum Gasteiger partial charge on any atom is 0.362 e. The molecule has 0 bridgehead atoms. The molecule has 2 rings (SSSR count). The maximum atomic E-state index is 12.4. The lowest BCUT2D eigenvalue weighted by Gasteiger charge is -2.17. The van der Waals surface area contributed by atoms with Gasteiger partial charge in [0, 0.05) is 12.7 Å². The average molecular weight is 318 g/mol. The highest BCUT2D eigenvalue weighted by Gasteiger charge is 2.17. The standard InChI is InChI=1S/C15H18N4O4/c1-4-23-15(22)13-14(21)10-7-9(5-6-11(10)17-18-13)19(3)12(20)8-16-2/h5-7,16H,4,8H2,1-3H3,(H,17,21). The molecule has 0 spiro atoms. The zero-order valence-corrected chi connectivity index (χ0v) is 13.2. The number of carbonyl (C=O) groups excluding carboxylic acids is 2. The number of esters is 1. The van der Waals surface area contributed by atoms with Crippen LogP contribution in [0, 0.1) is 0 Å². The summed E-state index contributed by atoms with van der Waals surface area (Å²) in [5.41, 5.74) is 0.180. The molecule has 8 heteroatoms. The molecule has 23 heavy (non-hydrogen) atoms. The van der Waals surface area contributed by atoms with Gasteiger partial charge in [0.05, 0.1) is 24.1 Å². The van der Waals surface area contributed by atoms with E-state index in [-0.39, 0.29) is 30.1 Å². The van der Waals surface area contributed by atoms with Gasteiger partial charge >= 0.3 is 5.97 Å². The van der Waals surface area contributed by atoms with Crippen LogP contribution >= 0.6 is 0 Å². The molecule has 0 aliphatic carbocycles. The summed E-state index contributed by atoms with van der Waals surface area (Å²) in [5, 5.41) is 9.46. The van der Waals surface area contributed by atoms with Gasteiger partial charge in [0.2, 0.25) is 17.0 Å². The van der Waals surface area contributed by atoms with E-state index in [1.807, 2.05) is 0 Å². The van der Waals surface area contributed by atoms with Gasteiger partial charge in [-0.05, 0) is 32.2 Å². The molecule has 0 radical (unpaired) electrons. The predicted octanol–water partition coefficient (Wildman–Crippen LogP) is 0.282. The Morgan fingerprint density at radius 3 is 2.78 bits per heavy atom. The first-order valence-electron chi connectivity index (χ1n) is 7.10. The van der Waals surface area contributed by atoms with Crippen molar-refractivity contribution < 1.29 is 14.3 Å². The largest absolute Gasteiger partial charge is 0.461 e. The van der Waals surface area contributed by atoms with Gasteiger partial charge in [-0.3, -0.25) is 14.7 Å². The highest BCUT2D eigenvalue weighted by molar-refractivity contribution is 5.97. The number of ether oxygens (including phenoxy) is 1. The SMILES string of the molecule is CCOC(=O)c1n[nH]c2ccc(N(C)C(=O)CNC)cc2c1=O. The van der Waals surface area contributed by atoms with Crippen LogP contribution in [-0.2, 0) is 9.53 Å². The summed E-state index contributed by atoms with van der Waals surface area (Å²) in [6.45, 7) is 1.97. The number of amides is 1. The van der Waals surface area contributed by atoms with Crippen molar-refractivity contribution in [2.24, 2.45) is 0 Å². The quantitative estimate of drug-likeness (QED) is 0.768. The third kappa shape index (κ3) is 3.37. The van der Waals surface area contributed by atoms with Crippen molar-refractivity contribution in [1.29, 1.82) is 0 Å². The minimum Gasteiger partial charge on any atom is -0.461 e. The number of anilines is 1. The van der Waals surface area contributed by atoms with Crippen LogP contribution in [0.3, 0.4) is 0 Å². The first-order valence-corrected chi connectivity index (χ1v) is 7.10. The minimum absolute atomic E-state index is 0.150. The summed E-state index contributed by atoms with van der Waals surface area (Å²) in [7, 11) is 3.29. The van der Waals surface area contributed by atoms with Crippen LogP contribution in [0.2, 0.25) is 0 Å². The van der Waals surface area contributed by atoms with Crippen LogP contribution in [0.4, 0.5) is 5.69 Å². The zero-order valence-electron chi connectivity index (χ0n) is 13.2. The van der Waals surface area contributed by atoms with E-state index in [1.165, 1.54) is 4.90 Å². The number of carbonyl (C=O) groups is 2. The smallest absolute Gasteiger partial charge is 0.362 e. The zero-order chi connectivity index (χ0) is 17.0. The highest BCUT2D eigenvalue weighted by atomic mass is 16.5. The molecule has 0 atom stereocenters. The van der Waals surface area contributed by atoms with E-state index in [9.17, 15) is 14.4 Å². The van der Waals surface area contributed by atoms with Crippen molar-refractivity contribution in [2.45, 2.75) is 6.92 Å². The van der Waals surface area contributed by atoms with Crippen LogP contribution in [0.1, 0.15) is 17.4 Å². The monoisotopic (exact) mass is 318 g/mol. The number of rotatable bonds is 5. The first-order chi connectivity index (χ1) is 11.0. The second-order valence-electron chi connectivity index (χ2n) is 4.83. The lowest BCUT2D eigenvalue weighted by Crippen LogP contribution is -2.34. The second-order valence-corrected chi connectivity index (χ2v) is 4.83. The van der Waals surface area contributed by atoms with E-state index in [2.05, 4.69) is 15.5 Å². The van der Waals surface area contributed by atoms with Crippen molar-refractivity contribution in [3.05, 3.63) is 34.1 Å². The minimum atomic E-state index is -0.777. The van der Waals surface area contributed by atoms with Crippen LogP contribution in [0.25, 0.3) is 10.9 Å². The molecule has 2 aromatic rings. The fourth-order valence-corrected chi connectivity index (χ4v) is 2.07. The Bertz CT molecular complexity index is 800. The molecule has 1 heterocycles. The van der Waals surface area contributed by atoms with Crippen LogP contribution in [0.15, 0.2) is 23.0 Å². The molecule has 8 nitrogen and oxygen atoms in total. The predicted molar refractivity (Wildman–Crippen MR) is 85.7 cm³/mol. The third-order valence-electron chi connectivity index (χ3n) is 3.31. The number of nitrogens with one attached hydrogen (secondary N) is 2. The number of aromatic amines is 1. The molecule has 1 aromatic heterocycles. The summed E-state index contributed by atoms with van der Waals surface area (Å²) in [4.78, 5) is 37.5. The van der Waals surface area contributed by atoms with E-state index in [1.54, 1.807) is 39.2 Å². The Hall–Kier alpha value is -2.74. The maximum absolute atomic E-state index is 12.4. The van der Waals surface area contributed by atoms with Crippen molar-refractivity contribution in [2.75, 3.05) is 32.1 Å². The fraction of sp³-hybridized carbons (Fsp3) is 0.333. The first kappa shape index (κ1) is 16.6. The molecule has 0 unspecified atom stereocenters. The van der Waals surface area contributed by atoms with E-state index in [0.717, 1.165) is 0 Å². The van der Waals surface area contributed by atoms with Crippen LogP contribution in [0.5, 0.6) is 0 Å². The van der Waals surface area contributed by atoms with Gasteiger partial charge in [0.25, 0.3) is 0 Å². The number of hydrogen-bond acceptors (Lipinski definition) is 6. The molecule has 2 N–H and O–H groups in total. The lowest BCUT2D eigenvalue weighted by molar-refractivity contribution is -0.117. The van der Waals surface area contributed by atoms with E-state index in [4.69, 9.17) is 4.74 Å². The van der Waals surface area contributed by atoms with Gasteiger partial charge in [-0.25, -0.2) is 4.79 Å².